The van der Waals surface area contributed by atoms with Crippen molar-refractivity contribution in [1.82, 2.24) is 14.7 Å². The van der Waals surface area contributed by atoms with Crippen LogP contribution in [0.3, 0.4) is 0 Å². The van der Waals surface area contributed by atoms with Gasteiger partial charge in [0.1, 0.15) is 5.75 Å². The number of aryl methyl sites for hydroxylation is 1. The topological polar surface area (TPSA) is 79.7 Å². The number of rotatable bonds is 9. The van der Waals surface area contributed by atoms with Gasteiger partial charge in [-0.2, -0.15) is 5.10 Å². The zero-order valence-electron chi connectivity index (χ0n) is 22.2. The van der Waals surface area contributed by atoms with Crippen LogP contribution in [0.4, 0.5) is 11.5 Å². The molecule has 1 fully saturated rings. The van der Waals surface area contributed by atoms with E-state index in [1.807, 2.05) is 30.1 Å². The molecule has 1 aliphatic heterocycles. The highest BCUT2D eigenvalue weighted by atomic mass is 16.5. The van der Waals surface area contributed by atoms with E-state index in [0.29, 0.717) is 24.8 Å². The number of fused-ring (bicyclic) bond motifs is 1. The maximum atomic E-state index is 13.8. The minimum atomic E-state index is -0.161. The third kappa shape index (κ3) is 4.92. The van der Waals surface area contributed by atoms with Crippen molar-refractivity contribution >= 4 is 23.3 Å². The Bertz CT molecular complexity index is 1330. The number of carbonyl (C=O) groups is 2. The predicted molar refractivity (Wildman–Crippen MR) is 145 cm³/mol. The van der Waals surface area contributed by atoms with Crippen molar-refractivity contribution in [3.63, 3.8) is 0 Å². The van der Waals surface area contributed by atoms with Gasteiger partial charge in [0, 0.05) is 51.3 Å². The number of nitrogens with zero attached hydrogens (tertiary/aromatic N) is 4. The van der Waals surface area contributed by atoms with Crippen molar-refractivity contribution < 1.29 is 14.3 Å². The molecule has 8 nitrogen and oxygen atoms in total. The van der Waals surface area contributed by atoms with Crippen LogP contribution >= 0.6 is 0 Å². The van der Waals surface area contributed by atoms with Gasteiger partial charge in [-0.3, -0.25) is 14.3 Å². The maximum Gasteiger partial charge on any atom is 0.256 e. The number of aromatic nitrogens is 2. The summed E-state index contributed by atoms with van der Waals surface area (Å²) in [4.78, 5) is 29.7. The maximum absolute atomic E-state index is 13.8. The Kier molecular flexibility index (Phi) is 6.67. The van der Waals surface area contributed by atoms with E-state index in [2.05, 4.69) is 53.4 Å². The van der Waals surface area contributed by atoms with Crippen LogP contribution in [-0.4, -0.2) is 46.2 Å². The van der Waals surface area contributed by atoms with Gasteiger partial charge in [0.15, 0.2) is 5.82 Å². The fraction of sp³-hybridized carbons (Fsp3) is 0.414. The first-order valence-corrected chi connectivity index (χ1v) is 13.0. The van der Waals surface area contributed by atoms with Crippen molar-refractivity contribution in [2.45, 2.75) is 52.7 Å². The predicted octanol–water partition coefficient (Wildman–Crippen LogP) is 4.83. The lowest BCUT2D eigenvalue weighted by Gasteiger charge is -2.27. The third-order valence-electron chi connectivity index (χ3n) is 7.55. The Hall–Kier alpha value is -3.81. The van der Waals surface area contributed by atoms with E-state index in [1.165, 1.54) is 19.8 Å². The van der Waals surface area contributed by atoms with Gasteiger partial charge in [-0.05, 0) is 68.0 Å². The second kappa shape index (κ2) is 9.92. The summed E-state index contributed by atoms with van der Waals surface area (Å²) in [5, 5.41) is 7.24. The average Bonchev–Trinajstić information content (AvgIpc) is 3.60. The van der Waals surface area contributed by atoms with Crippen LogP contribution in [0.15, 0.2) is 42.5 Å². The standard InChI is InChI=1S/C29H35N5O3/c1-6-33(16-20-7-11-24(37-5)12-8-20)26-14-22(25-15-27(30-19(3)35)31-32(25)4)13-23-17-34(29(36)28(23)26)18(2)21-9-10-21/h7-8,11-15,18,21H,6,9-10,16-17H2,1-5H3,(H,30,31,35). The van der Waals surface area contributed by atoms with Crippen molar-refractivity contribution in [3.8, 4) is 17.0 Å². The van der Waals surface area contributed by atoms with Crippen LogP contribution in [-0.2, 0) is 24.9 Å². The van der Waals surface area contributed by atoms with E-state index in [0.717, 1.165) is 45.9 Å². The molecule has 2 heterocycles. The Labute approximate surface area is 218 Å². The lowest BCUT2D eigenvalue weighted by molar-refractivity contribution is -0.114. The van der Waals surface area contributed by atoms with E-state index in [1.54, 1.807) is 11.8 Å². The zero-order valence-corrected chi connectivity index (χ0v) is 22.2. The van der Waals surface area contributed by atoms with Gasteiger partial charge in [0.25, 0.3) is 5.91 Å². The average molecular weight is 502 g/mol. The largest absolute Gasteiger partial charge is 0.497 e. The first-order valence-electron chi connectivity index (χ1n) is 13.0. The molecule has 194 valence electrons. The van der Waals surface area contributed by atoms with Crippen molar-refractivity contribution in [3.05, 3.63) is 59.2 Å². The van der Waals surface area contributed by atoms with E-state index < -0.39 is 0 Å². The molecular formula is C29H35N5O3. The van der Waals surface area contributed by atoms with Crippen LogP contribution < -0.4 is 15.0 Å². The summed E-state index contributed by atoms with van der Waals surface area (Å²) < 4.78 is 7.10. The zero-order chi connectivity index (χ0) is 26.3. The molecule has 1 aliphatic carbocycles. The van der Waals surface area contributed by atoms with Crippen LogP contribution in [0.1, 0.15) is 55.1 Å². The van der Waals surface area contributed by atoms with Gasteiger partial charge in [-0.1, -0.05) is 12.1 Å². The van der Waals surface area contributed by atoms with E-state index in [4.69, 9.17) is 4.74 Å². The van der Waals surface area contributed by atoms with E-state index in [9.17, 15) is 9.59 Å². The van der Waals surface area contributed by atoms with Crippen LogP contribution in [0.25, 0.3) is 11.3 Å². The normalized spacial score (nSPS) is 15.5. The number of amides is 2. The minimum Gasteiger partial charge on any atom is -0.497 e. The first-order chi connectivity index (χ1) is 17.8. The monoisotopic (exact) mass is 501 g/mol. The second-order valence-corrected chi connectivity index (χ2v) is 10.1. The third-order valence-corrected chi connectivity index (χ3v) is 7.55. The summed E-state index contributed by atoms with van der Waals surface area (Å²) >= 11 is 0. The quantitative estimate of drug-likeness (QED) is 0.454. The Balaban J connectivity index is 1.57. The molecule has 1 unspecified atom stereocenters. The molecule has 0 radical (unpaired) electrons. The molecular weight excluding hydrogens is 466 g/mol. The number of anilines is 2. The smallest absolute Gasteiger partial charge is 0.256 e. The number of nitrogens with one attached hydrogen (secondary N) is 1. The highest BCUT2D eigenvalue weighted by Gasteiger charge is 2.40. The SMILES string of the molecule is CCN(Cc1ccc(OC)cc1)c1cc(-c2cc(NC(C)=O)nn2C)cc2c1C(=O)N(C(C)C1CC1)C2. The molecule has 2 aromatic carbocycles. The molecule has 0 spiro atoms. The minimum absolute atomic E-state index is 0.119. The first kappa shape index (κ1) is 24.9. The lowest BCUT2D eigenvalue weighted by Crippen LogP contribution is -2.35. The number of hydrogen-bond acceptors (Lipinski definition) is 5. The molecule has 1 aromatic heterocycles. The van der Waals surface area contributed by atoms with Gasteiger partial charge in [0.05, 0.1) is 24.1 Å². The number of carbonyl (C=O) groups excluding carboxylic acids is 2. The number of ether oxygens (including phenoxy) is 1. The fourth-order valence-corrected chi connectivity index (χ4v) is 5.31. The molecule has 8 heteroatoms. The molecule has 0 bridgehead atoms. The van der Waals surface area contributed by atoms with Gasteiger partial charge in [-0.25, -0.2) is 0 Å². The molecule has 1 atom stereocenters. The molecule has 2 amide bonds. The van der Waals surface area contributed by atoms with Gasteiger partial charge >= 0.3 is 0 Å². The van der Waals surface area contributed by atoms with Crippen LogP contribution in [0, 0.1) is 5.92 Å². The highest BCUT2D eigenvalue weighted by Crippen LogP contribution is 2.42. The molecule has 2 aliphatic rings. The van der Waals surface area contributed by atoms with Crippen LogP contribution in [0.2, 0.25) is 0 Å². The van der Waals surface area contributed by atoms with Crippen molar-refractivity contribution in [2.75, 3.05) is 23.9 Å². The number of methoxy groups -OCH3 is 1. The van der Waals surface area contributed by atoms with Gasteiger partial charge in [0.2, 0.25) is 5.91 Å². The summed E-state index contributed by atoms with van der Waals surface area (Å²) in [6.07, 6.45) is 2.39. The summed E-state index contributed by atoms with van der Waals surface area (Å²) in [5.74, 6) is 1.89. The lowest BCUT2D eigenvalue weighted by atomic mass is 10.00. The van der Waals surface area contributed by atoms with Crippen LogP contribution in [0.5, 0.6) is 5.75 Å². The molecule has 3 aromatic rings. The summed E-state index contributed by atoms with van der Waals surface area (Å²) in [5.41, 5.74) is 5.78. The Morgan fingerprint density at radius 1 is 1.22 bits per heavy atom. The fourth-order valence-electron chi connectivity index (χ4n) is 5.31. The second-order valence-electron chi connectivity index (χ2n) is 10.1. The van der Waals surface area contributed by atoms with E-state index in [-0.39, 0.29) is 17.9 Å². The Morgan fingerprint density at radius 2 is 1.95 bits per heavy atom. The van der Waals surface area contributed by atoms with Gasteiger partial charge in [-0.15, -0.1) is 0 Å². The van der Waals surface area contributed by atoms with Gasteiger partial charge < -0.3 is 19.9 Å². The summed E-state index contributed by atoms with van der Waals surface area (Å²) in [6.45, 7) is 7.80. The molecule has 1 N–H and O–H groups in total. The van der Waals surface area contributed by atoms with Crippen molar-refractivity contribution in [2.24, 2.45) is 13.0 Å². The molecule has 1 saturated carbocycles. The Morgan fingerprint density at radius 3 is 2.57 bits per heavy atom. The highest BCUT2D eigenvalue weighted by molar-refractivity contribution is 6.05. The summed E-state index contributed by atoms with van der Waals surface area (Å²) in [6, 6.07) is 14.4. The molecule has 0 saturated heterocycles. The van der Waals surface area contributed by atoms with Crippen molar-refractivity contribution in [1.29, 1.82) is 0 Å². The molecule has 37 heavy (non-hydrogen) atoms. The van der Waals surface area contributed by atoms with E-state index >= 15 is 0 Å². The number of hydrogen-bond donors (Lipinski definition) is 1. The number of benzene rings is 2. The summed E-state index contributed by atoms with van der Waals surface area (Å²) in [7, 11) is 3.53. The molecule has 5 rings (SSSR count).